The van der Waals surface area contributed by atoms with Gasteiger partial charge in [0.2, 0.25) is 5.88 Å². The summed E-state index contributed by atoms with van der Waals surface area (Å²) < 4.78 is 26.8. The first-order valence-corrected chi connectivity index (χ1v) is 14.2. The minimum Gasteiger partial charge on any atom is -0.497 e. The highest BCUT2D eigenvalue weighted by Gasteiger charge is 2.35. The fourth-order valence-electron chi connectivity index (χ4n) is 5.51. The molecule has 1 fully saturated rings. The molecule has 9 heteroatoms. The van der Waals surface area contributed by atoms with Gasteiger partial charge in [-0.25, -0.2) is 4.39 Å². The van der Waals surface area contributed by atoms with Crippen molar-refractivity contribution in [2.45, 2.75) is 38.3 Å². The number of aryl methyl sites for hydroxylation is 1. The molecule has 1 aliphatic rings. The van der Waals surface area contributed by atoms with E-state index in [1.165, 1.54) is 12.1 Å². The van der Waals surface area contributed by atoms with Crippen LogP contribution < -0.4 is 9.47 Å². The zero-order valence-electron chi connectivity index (χ0n) is 24.0. The lowest BCUT2D eigenvalue weighted by Gasteiger charge is -2.23. The van der Waals surface area contributed by atoms with E-state index in [1.807, 2.05) is 30.3 Å². The average molecular weight is 579 g/mol. The van der Waals surface area contributed by atoms with Gasteiger partial charge in [0.25, 0.3) is 5.91 Å². The van der Waals surface area contributed by atoms with Gasteiger partial charge in [-0.15, -0.1) is 0 Å². The van der Waals surface area contributed by atoms with Crippen molar-refractivity contribution in [3.05, 3.63) is 95.1 Å². The Hall–Kier alpha value is -5.10. The van der Waals surface area contributed by atoms with Crippen LogP contribution in [0.15, 0.2) is 67.0 Å². The number of benzene rings is 3. The van der Waals surface area contributed by atoms with Gasteiger partial charge in [0.15, 0.2) is 5.75 Å². The molecule has 0 unspecified atom stereocenters. The van der Waals surface area contributed by atoms with E-state index in [2.05, 4.69) is 6.07 Å². The van der Waals surface area contributed by atoms with Crippen molar-refractivity contribution < 1.29 is 23.8 Å². The third-order valence-corrected chi connectivity index (χ3v) is 7.87. The lowest BCUT2D eigenvalue weighted by atomic mass is 9.97. The van der Waals surface area contributed by atoms with E-state index in [0.717, 1.165) is 35.3 Å². The molecular formula is C34H31FN4O4. The zero-order chi connectivity index (χ0) is 30.1. The second-order valence-corrected chi connectivity index (χ2v) is 10.9. The van der Waals surface area contributed by atoms with E-state index in [9.17, 15) is 19.6 Å². The van der Waals surface area contributed by atoms with Crippen molar-refractivity contribution in [2.24, 2.45) is 7.05 Å². The predicted octanol–water partition coefficient (Wildman–Crippen LogP) is 6.27. The van der Waals surface area contributed by atoms with Crippen molar-refractivity contribution in [3.63, 3.8) is 0 Å². The molecule has 0 saturated heterocycles. The van der Waals surface area contributed by atoms with Crippen LogP contribution >= 0.6 is 0 Å². The molecule has 0 bridgehead atoms. The number of fused-ring (bicyclic) bond motifs is 2. The summed E-state index contributed by atoms with van der Waals surface area (Å²) >= 11 is 0. The number of hydrogen-bond donors (Lipinski definition) is 1. The Labute approximate surface area is 248 Å². The van der Waals surface area contributed by atoms with Crippen LogP contribution in [-0.2, 0) is 20.1 Å². The Morgan fingerprint density at radius 2 is 1.84 bits per heavy atom. The van der Waals surface area contributed by atoms with Crippen molar-refractivity contribution in [1.82, 2.24) is 14.5 Å². The van der Waals surface area contributed by atoms with Gasteiger partial charge < -0.3 is 24.0 Å². The Balaban J connectivity index is 1.52. The van der Waals surface area contributed by atoms with Gasteiger partial charge in [-0.1, -0.05) is 24.3 Å². The Morgan fingerprint density at radius 1 is 1.12 bits per heavy atom. The van der Waals surface area contributed by atoms with E-state index < -0.39 is 0 Å². The van der Waals surface area contributed by atoms with E-state index >= 15 is 0 Å². The van der Waals surface area contributed by atoms with Crippen LogP contribution in [0.4, 0.5) is 4.39 Å². The Morgan fingerprint density at radius 3 is 2.51 bits per heavy atom. The molecule has 1 aliphatic carbocycles. The van der Waals surface area contributed by atoms with Gasteiger partial charge in [0, 0.05) is 42.8 Å². The summed E-state index contributed by atoms with van der Waals surface area (Å²) in [7, 11) is 3.32. The van der Waals surface area contributed by atoms with Crippen LogP contribution in [0.1, 0.15) is 46.3 Å². The molecule has 2 aromatic heterocycles. The number of hydrogen-bond acceptors (Lipinski definition) is 6. The first-order valence-electron chi connectivity index (χ1n) is 14.2. The molecular weight excluding hydrogens is 547 g/mol. The van der Waals surface area contributed by atoms with Crippen LogP contribution in [0.5, 0.6) is 17.4 Å². The number of aromatic hydroxyl groups is 1. The Bertz CT molecular complexity index is 1860. The number of aromatic nitrogens is 2. The number of halogens is 1. The lowest BCUT2D eigenvalue weighted by Crippen LogP contribution is -2.34. The first-order chi connectivity index (χ1) is 20.9. The highest BCUT2D eigenvalue weighted by atomic mass is 19.1. The molecule has 0 atom stereocenters. The summed E-state index contributed by atoms with van der Waals surface area (Å²) in [6.45, 7) is 0.519. The van der Waals surface area contributed by atoms with E-state index in [-0.39, 0.29) is 36.7 Å². The van der Waals surface area contributed by atoms with Crippen LogP contribution in [0.3, 0.4) is 0 Å². The number of pyridine rings is 1. The molecule has 1 amide bonds. The van der Waals surface area contributed by atoms with Crippen molar-refractivity contribution >= 4 is 27.6 Å². The summed E-state index contributed by atoms with van der Waals surface area (Å²) in [5.74, 6) is 0.547. The van der Waals surface area contributed by atoms with Crippen molar-refractivity contribution in [2.75, 3.05) is 13.7 Å². The number of ether oxygens (including phenoxy) is 2. The van der Waals surface area contributed by atoms with E-state index in [1.54, 1.807) is 48.2 Å². The third-order valence-electron chi connectivity index (χ3n) is 7.87. The average Bonchev–Trinajstić information content (AvgIpc) is 3.81. The molecule has 6 rings (SSSR count). The standard InChI is InChI=1S/C34H31FN4O4/c1-38-19-28-29(34(41)39(15-3-14-36)25-10-11-25)27-17-23(16-21-4-8-24(35)9-5-21)18-37-31(27)32(30(28)33(38)40)43-20-22-6-12-26(42-2)13-7-22/h4-9,12-13,17-19,25,40H,3,10-11,15-16,20H2,1-2H3. The zero-order valence-corrected chi connectivity index (χ0v) is 24.0. The van der Waals surface area contributed by atoms with Crippen molar-refractivity contribution in [3.8, 4) is 23.4 Å². The van der Waals surface area contributed by atoms with Gasteiger partial charge in [-0.2, -0.15) is 5.26 Å². The van der Waals surface area contributed by atoms with Crippen LogP contribution in [-0.4, -0.2) is 45.2 Å². The fraction of sp³-hybridized carbons (Fsp3) is 0.265. The van der Waals surface area contributed by atoms with E-state index in [4.69, 9.17) is 14.5 Å². The van der Waals surface area contributed by atoms with Crippen LogP contribution in [0.25, 0.3) is 21.7 Å². The molecule has 1 saturated carbocycles. The van der Waals surface area contributed by atoms with Gasteiger partial charge in [0.1, 0.15) is 23.7 Å². The highest BCUT2D eigenvalue weighted by molar-refractivity contribution is 6.21. The number of amides is 1. The quantitative estimate of drug-likeness (QED) is 0.210. The minimum absolute atomic E-state index is 0.0390. The summed E-state index contributed by atoms with van der Waals surface area (Å²) in [4.78, 5) is 20.9. The smallest absolute Gasteiger partial charge is 0.255 e. The number of nitrogens with zero attached hydrogens (tertiary/aromatic N) is 4. The van der Waals surface area contributed by atoms with Gasteiger partial charge in [0.05, 0.1) is 30.5 Å². The number of rotatable bonds is 10. The highest BCUT2D eigenvalue weighted by Crippen LogP contribution is 2.44. The molecule has 2 heterocycles. The fourth-order valence-corrected chi connectivity index (χ4v) is 5.51. The second-order valence-electron chi connectivity index (χ2n) is 10.9. The normalized spacial score (nSPS) is 12.8. The summed E-state index contributed by atoms with van der Waals surface area (Å²) in [6, 6.07) is 18.0. The lowest BCUT2D eigenvalue weighted by molar-refractivity contribution is 0.0750. The maximum atomic E-state index is 14.3. The number of nitriles is 1. The molecule has 1 N–H and O–H groups in total. The largest absolute Gasteiger partial charge is 0.497 e. The van der Waals surface area contributed by atoms with Crippen molar-refractivity contribution in [1.29, 1.82) is 5.26 Å². The number of carbonyl (C=O) groups is 1. The van der Waals surface area contributed by atoms with Gasteiger partial charge in [-0.05, 0) is 66.3 Å². The molecule has 218 valence electrons. The molecule has 43 heavy (non-hydrogen) atoms. The van der Waals surface area contributed by atoms with Crippen LogP contribution in [0, 0.1) is 17.1 Å². The van der Waals surface area contributed by atoms with Gasteiger partial charge >= 0.3 is 0 Å². The molecule has 0 aliphatic heterocycles. The topological polar surface area (TPSA) is 101 Å². The number of methoxy groups -OCH3 is 1. The summed E-state index contributed by atoms with van der Waals surface area (Å²) in [6.07, 6.45) is 5.93. The minimum atomic E-state index is -0.310. The molecule has 8 nitrogen and oxygen atoms in total. The van der Waals surface area contributed by atoms with E-state index in [0.29, 0.717) is 46.0 Å². The second kappa shape index (κ2) is 11.6. The SMILES string of the molecule is COc1ccc(COc2c3ncc(Cc4ccc(F)cc4)cc3c(C(=O)N(CCC#N)C3CC3)c3cn(C)c(O)c23)cc1. The maximum absolute atomic E-state index is 14.3. The molecule has 5 aromatic rings. The molecule has 3 aromatic carbocycles. The maximum Gasteiger partial charge on any atom is 0.255 e. The number of carbonyl (C=O) groups excluding carboxylic acids is 1. The third kappa shape index (κ3) is 5.56. The summed E-state index contributed by atoms with van der Waals surface area (Å²) in [5.41, 5.74) is 3.49. The molecule has 0 radical (unpaired) electrons. The predicted molar refractivity (Wildman–Crippen MR) is 161 cm³/mol. The monoisotopic (exact) mass is 578 g/mol. The molecule has 0 spiro atoms. The first kappa shape index (κ1) is 28.0. The Kier molecular flexibility index (Phi) is 7.59. The van der Waals surface area contributed by atoms with Crippen LogP contribution in [0.2, 0.25) is 0 Å². The van der Waals surface area contributed by atoms with Gasteiger partial charge in [-0.3, -0.25) is 9.78 Å². The summed E-state index contributed by atoms with van der Waals surface area (Å²) in [5, 5.41) is 22.1.